The molecule has 0 amide bonds. The van der Waals surface area contributed by atoms with Crippen LogP contribution in [0, 0.1) is 0 Å². The first-order valence-electron chi connectivity index (χ1n) is 3.26. The molecule has 14 heavy (non-hydrogen) atoms. The molecule has 0 heterocycles. The van der Waals surface area contributed by atoms with Gasteiger partial charge in [-0.05, 0) is 0 Å². The van der Waals surface area contributed by atoms with Gasteiger partial charge in [-0.1, -0.05) is 6.58 Å². The Balaban J connectivity index is 0. The fourth-order valence-electron chi connectivity index (χ4n) is 0.385. The predicted octanol–water partition coefficient (Wildman–Crippen LogP) is -0.215. The summed E-state index contributed by atoms with van der Waals surface area (Å²) in [7, 11) is -2.98. The Labute approximate surface area is 82.6 Å². The minimum absolute atomic E-state index is 0. The van der Waals surface area contributed by atoms with Gasteiger partial charge in [-0.2, -0.15) is 8.42 Å². The number of hydrogen-bond donors (Lipinski definition) is 1. The summed E-state index contributed by atoms with van der Waals surface area (Å²) < 4.78 is 33.6. The SMILES string of the molecule is C=CC(=O)OCCOS(=O)(=O)OC.N. The Bertz CT molecular complexity index is 272. The van der Waals surface area contributed by atoms with Crippen LogP contribution < -0.4 is 6.15 Å². The first-order chi connectivity index (χ1) is 6.02. The highest BCUT2D eigenvalue weighted by Crippen LogP contribution is 1.92. The van der Waals surface area contributed by atoms with Crippen molar-refractivity contribution in [3.8, 4) is 0 Å². The highest BCUT2D eigenvalue weighted by atomic mass is 32.3. The second kappa shape index (κ2) is 7.44. The molecule has 0 aliphatic heterocycles. The Hall–Kier alpha value is -0.960. The van der Waals surface area contributed by atoms with E-state index in [-0.39, 0.29) is 19.4 Å². The molecule has 84 valence electrons. The highest BCUT2D eigenvalue weighted by molar-refractivity contribution is 7.81. The minimum atomic E-state index is -3.94. The lowest BCUT2D eigenvalue weighted by Gasteiger charge is -2.02. The van der Waals surface area contributed by atoms with Gasteiger partial charge in [0.2, 0.25) is 0 Å². The molecular weight excluding hydrogens is 214 g/mol. The summed E-state index contributed by atoms with van der Waals surface area (Å²) >= 11 is 0. The maximum atomic E-state index is 10.5. The van der Waals surface area contributed by atoms with E-state index in [9.17, 15) is 13.2 Å². The van der Waals surface area contributed by atoms with E-state index in [1.54, 1.807) is 0 Å². The lowest BCUT2D eigenvalue weighted by atomic mass is 10.6. The van der Waals surface area contributed by atoms with E-state index < -0.39 is 16.4 Å². The van der Waals surface area contributed by atoms with Gasteiger partial charge >= 0.3 is 16.4 Å². The van der Waals surface area contributed by atoms with E-state index in [4.69, 9.17) is 0 Å². The van der Waals surface area contributed by atoms with Gasteiger partial charge in [-0.25, -0.2) is 8.98 Å². The van der Waals surface area contributed by atoms with Crippen molar-refractivity contribution in [2.24, 2.45) is 0 Å². The van der Waals surface area contributed by atoms with Gasteiger partial charge in [-0.15, -0.1) is 0 Å². The summed E-state index contributed by atoms with van der Waals surface area (Å²) in [5, 5.41) is 0. The Morgan fingerprint density at radius 2 is 2.00 bits per heavy atom. The summed E-state index contributed by atoms with van der Waals surface area (Å²) in [5.41, 5.74) is 0. The smallest absolute Gasteiger partial charge is 0.399 e. The van der Waals surface area contributed by atoms with Crippen LogP contribution in [-0.4, -0.2) is 34.7 Å². The van der Waals surface area contributed by atoms with Crippen molar-refractivity contribution in [3.63, 3.8) is 0 Å². The number of hydrogen-bond acceptors (Lipinski definition) is 7. The molecule has 7 nitrogen and oxygen atoms in total. The molecule has 0 rings (SSSR count). The van der Waals surface area contributed by atoms with Crippen LogP contribution in [0.2, 0.25) is 0 Å². The molecule has 0 spiro atoms. The third kappa shape index (κ3) is 7.68. The molecule has 0 fully saturated rings. The molecule has 0 atom stereocenters. The first-order valence-corrected chi connectivity index (χ1v) is 4.59. The molecule has 3 N–H and O–H groups in total. The minimum Gasteiger partial charge on any atom is -0.460 e. The number of ether oxygens (including phenoxy) is 1. The maximum Gasteiger partial charge on any atom is 0.399 e. The molecule has 0 aliphatic rings. The Morgan fingerprint density at radius 1 is 1.43 bits per heavy atom. The van der Waals surface area contributed by atoms with E-state index in [2.05, 4.69) is 19.7 Å². The number of carbonyl (C=O) groups excluding carboxylic acids is 1. The molecule has 0 saturated carbocycles. The van der Waals surface area contributed by atoms with Crippen molar-refractivity contribution in [3.05, 3.63) is 12.7 Å². The second-order valence-corrected chi connectivity index (χ2v) is 3.15. The molecule has 0 saturated heterocycles. The van der Waals surface area contributed by atoms with Crippen LogP contribution in [0.25, 0.3) is 0 Å². The predicted molar refractivity (Wildman–Crippen MR) is 48.1 cm³/mol. The van der Waals surface area contributed by atoms with Crippen LogP contribution in [0.1, 0.15) is 0 Å². The van der Waals surface area contributed by atoms with Crippen molar-refractivity contribution < 1.29 is 26.3 Å². The maximum absolute atomic E-state index is 10.5. The van der Waals surface area contributed by atoms with Crippen LogP contribution in [0.4, 0.5) is 0 Å². The van der Waals surface area contributed by atoms with Gasteiger partial charge in [0.05, 0.1) is 7.11 Å². The molecule has 0 aromatic heterocycles. The standard InChI is InChI=1S/C6H10O6S.H3N/c1-3-6(7)11-4-5-12-13(8,9)10-2;/h3H,1,4-5H2,2H3;1H3. The van der Waals surface area contributed by atoms with E-state index in [0.717, 1.165) is 13.2 Å². The zero-order valence-corrected chi connectivity index (χ0v) is 8.58. The van der Waals surface area contributed by atoms with E-state index >= 15 is 0 Å². The fourth-order valence-corrected chi connectivity index (χ4v) is 0.754. The summed E-state index contributed by atoms with van der Waals surface area (Å²) in [6, 6.07) is 0. The zero-order chi connectivity index (χ0) is 10.3. The topological polar surface area (TPSA) is 114 Å². The van der Waals surface area contributed by atoms with Crippen LogP contribution in [0.15, 0.2) is 12.7 Å². The summed E-state index contributed by atoms with van der Waals surface area (Å²) in [4.78, 5) is 10.4. The van der Waals surface area contributed by atoms with Crippen molar-refractivity contribution in [1.29, 1.82) is 0 Å². The van der Waals surface area contributed by atoms with Crippen molar-refractivity contribution >= 4 is 16.4 Å². The first kappa shape index (κ1) is 15.5. The highest BCUT2D eigenvalue weighted by Gasteiger charge is 2.08. The molecule has 0 radical (unpaired) electrons. The molecule has 0 bridgehead atoms. The Morgan fingerprint density at radius 3 is 2.43 bits per heavy atom. The van der Waals surface area contributed by atoms with Gasteiger partial charge in [0, 0.05) is 6.08 Å². The quantitative estimate of drug-likeness (QED) is 0.379. The largest absolute Gasteiger partial charge is 0.460 e. The van der Waals surface area contributed by atoms with E-state index in [0.29, 0.717) is 0 Å². The number of carbonyl (C=O) groups is 1. The molecule has 0 unspecified atom stereocenters. The average molecular weight is 227 g/mol. The lowest BCUT2D eigenvalue weighted by Crippen LogP contribution is -2.13. The third-order valence-corrected chi connectivity index (χ3v) is 1.79. The van der Waals surface area contributed by atoms with Crippen molar-refractivity contribution in [1.82, 2.24) is 6.15 Å². The second-order valence-electron chi connectivity index (χ2n) is 1.77. The van der Waals surface area contributed by atoms with Crippen molar-refractivity contribution in [2.75, 3.05) is 20.3 Å². The molecule has 0 aromatic carbocycles. The van der Waals surface area contributed by atoms with Gasteiger partial charge < -0.3 is 10.9 Å². The normalized spacial score (nSPS) is 10.1. The third-order valence-electron chi connectivity index (χ3n) is 0.926. The van der Waals surface area contributed by atoms with Gasteiger partial charge in [0.15, 0.2) is 0 Å². The van der Waals surface area contributed by atoms with Crippen molar-refractivity contribution in [2.45, 2.75) is 0 Å². The average Bonchev–Trinajstić information content (AvgIpc) is 2.12. The monoisotopic (exact) mass is 227 g/mol. The van der Waals surface area contributed by atoms with Gasteiger partial charge in [0.25, 0.3) is 0 Å². The molecule has 0 aromatic rings. The van der Waals surface area contributed by atoms with Gasteiger partial charge in [0.1, 0.15) is 13.2 Å². The summed E-state index contributed by atoms with van der Waals surface area (Å²) in [5.74, 6) is -0.640. The van der Waals surface area contributed by atoms with E-state index in [1.165, 1.54) is 0 Å². The summed E-state index contributed by atoms with van der Waals surface area (Å²) in [6.07, 6.45) is 0.963. The van der Waals surface area contributed by atoms with Gasteiger partial charge in [-0.3, -0.25) is 4.18 Å². The fraction of sp³-hybridized carbons (Fsp3) is 0.500. The summed E-state index contributed by atoms with van der Waals surface area (Å²) in [6.45, 7) is 2.69. The molecular formula is C6H13NO6S. The molecule has 0 aliphatic carbocycles. The van der Waals surface area contributed by atoms with Crippen LogP contribution >= 0.6 is 0 Å². The van der Waals surface area contributed by atoms with Crippen LogP contribution in [0.3, 0.4) is 0 Å². The number of esters is 1. The zero-order valence-electron chi connectivity index (χ0n) is 7.76. The Kier molecular flexibility index (Phi) is 8.25. The number of rotatable bonds is 6. The molecule has 8 heteroatoms. The lowest BCUT2D eigenvalue weighted by molar-refractivity contribution is -0.138. The van der Waals surface area contributed by atoms with Crippen LogP contribution in [-0.2, 0) is 28.3 Å². The van der Waals surface area contributed by atoms with Crippen LogP contribution in [0.5, 0.6) is 0 Å². The van der Waals surface area contributed by atoms with E-state index in [1.807, 2.05) is 0 Å².